The van der Waals surface area contributed by atoms with Crippen LogP contribution in [0, 0.1) is 12.8 Å². The van der Waals surface area contributed by atoms with E-state index in [9.17, 15) is 4.79 Å². The van der Waals surface area contributed by atoms with E-state index in [4.69, 9.17) is 10.2 Å². The average molecular weight is 237 g/mol. The Morgan fingerprint density at radius 3 is 2.94 bits per heavy atom. The van der Waals surface area contributed by atoms with Gasteiger partial charge in [0.2, 0.25) is 5.95 Å². The van der Waals surface area contributed by atoms with Gasteiger partial charge >= 0.3 is 5.97 Å². The van der Waals surface area contributed by atoms with Gasteiger partial charge in [0.15, 0.2) is 0 Å². The van der Waals surface area contributed by atoms with Gasteiger partial charge in [-0.3, -0.25) is 0 Å². The Kier molecular flexibility index (Phi) is 3.23. The molecule has 2 N–H and O–H groups in total. The van der Waals surface area contributed by atoms with E-state index in [1.165, 1.54) is 6.20 Å². The summed E-state index contributed by atoms with van der Waals surface area (Å²) in [6, 6.07) is 0. The predicted molar refractivity (Wildman–Crippen MR) is 61.1 cm³/mol. The zero-order valence-corrected chi connectivity index (χ0v) is 9.63. The number of aryl methyl sites for hydroxylation is 1. The van der Waals surface area contributed by atoms with Gasteiger partial charge in [-0.2, -0.15) is 0 Å². The SMILES string of the molecule is Cc1nc(N2CCC(CO)C2)ncc1C(=O)O. The Bertz CT molecular complexity index is 436. The summed E-state index contributed by atoms with van der Waals surface area (Å²) in [5, 5.41) is 17.9. The number of carboxylic acids is 1. The van der Waals surface area contributed by atoms with Crippen molar-refractivity contribution in [3.05, 3.63) is 17.5 Å². The molecule has 0 saturated carbocycles. The number of rotatable bonds is 3. The largest absolute Gasteiger partial charge is 0.478 e. The fraction of sp³-hybridized carbons (Fsp3) is 0.545. The molecule has 1 saturated heterocycles. The highest BCUT2D eigenvalue weighted by molar-refractivity contribution is 5.88. The molecule has 2 rings (SSSR count). The lowest BCUT2D eigenvalue weighted by Crippen LogP contribution is -2.23. The van der Waals surface area contributed by atoms with E-state index in [0.717, 1.165) is 19.5 Å². The molecule has 0 bridgehead atoms. The van der Waals surface area contributed by atoms with Crippen molar-refractivity contribution < 1.29 is 15.0 Å². The third kappa shape index (κ3) is 2.36. The van der Waals surface area contributed by atoms with Gasteiger partial charge in [-0.05, 0) is 13.3 Å². The normalized spacial score (nSPS) is 19.6. The zero-order chi connectivity index (χ0) is 12.4. The molecule has 6 nitrogen and oxygen atoms in total. The molecule has 1 aliphatic heterocycles. The van der Waals surface area contributed by atoms with Crippen LogP contribution in [0.2, 0.25) is 0 Å². The molecule has 0 radical (unpaired) electrons. The van der Waals surface area contributed by atoms with Gasteiger partial charge in [-0.25, -0.2) is 14.8 Å². The summed E-state index contributed by atoms with van der Waals surface area (Å²) < 4.78 is 0. The first-order valence-electron chi connectivity index (χ1n) is 5.54. The number of nitrogens with zero attached hydrogens (tertiary/aromatic N) is 3. The number of aromatic nitrogens is 2. The number of carbonyl (C=O) groups is 1. The molecule has 0 aliphatic carbocycles. The van der Waals surface area contributed by atoms with Crippen molar-refractivity contribution >= 4 is 11.9 Å². The van der Waals surface area contributed by atoms with Crippen LogP contribution in [-0.4, -0.2) is 45.8 Å². The third-order valence-electron chi connectivity index (χ3n) is 3.02. The van der Waals surface area contributed by atoms with Crippen molar-refractivity contribution in [1.29, 1.82) is 0 Å². The first-order chi connectivity index (χ1) is 8.11. The zero-order valence-electron chi connectivity index (χ0n) is 9.63. The van der Waals surface area contributed by atoms with E-state index in [0.29, 0.717) is 11.6 Å². The minimum atomic E-state index is -1.01. The predicted octanol–water partition coefficient (Wildman–Crippen LogP) is 0.302. The van der Waals surface area contributed by atoms with Crippen molar-refractivity contribution in [2.24, 2.45) is 5.92 Å². The number of anilines is 1. The molecule has 1 aromatic heterocycles. The molecule has 0 amide bonds. The molecule has 0 spiro atoms. The van der Waals surface area contributed by atoms with Crippen LogP contribution < -0.4 is 4.90 Å². The molecule has 1 atom stereocenters. The van der Waals surface area contributed by atoms with Crippen molar-refractivity contribution in [1.82, 2.24) is 9.97 Å². The standard InChI is InChI=1S/C11H15N3O3/c1-7-9(10(16)17)4-12-11(13-7)14-3-2-8(5-14)6-15/h4,8,15H,2-3,5-6H2,1H3,(H,16,17). The Balaban J connectivity index is 2.18. The maximum atomic E-state index is 10.8. The van der Waals surface area contributed by atoms with Crippen LogP contribution in [0.15, 0.2) is 6.20 Å². The van der Waals surface area contributed by atoms with Crippen molar-refractivity contribution in [3.8, 4) is 0 Å². The summed E-state index contributed by atoms with van der Waals surface area (Å²) in [6.07, 6.45) is 2.26. The van der Waals surface area contributed by atoms with Crippen LogP contribution in [0.1, 0.15) is 22.5 Å². The molecule has 17 heavy (non-hydrogen) atoms. The van der Waals surface area contributed by atoms with E-state index < -0.39 is 5.97 Å². The van der Waals surface area contributed by atoms with Crippen LogP contribution >= 0.6 is 0 Å². The summed E-state index contributed by atoms with van der Waals surface area (Å²) in [5.41, 5.74) is 0.599. The number of aromatic carboxylic acids is 1. The maximum absolute atomic E-state index is 10.8. The van der Waals surface area contributed by atoms with E-state index in [1.807, 2.05) is 4.90 Å². The minimum absolute atomic E-state index is 0.131. The van der Waals surface area contributed by atoms with Crippen LogP contribution in [0.25, 0.3) is 0 Å². The lowest BCUT2D eigenvalue weighted by atomic mass is 10.1. The lowest BCUT2D eigenvalue weighted by Gasteiger charge is -2.16. The van der Waals surface area contributed by atoms with E-state index in [-0.39, 0.29) is 18.1 Å². The number of aliphatic hydroxyl groups excluding tert-OH is 1. The summed E-state index contributed by atoms with van der Waals surface area (Å²) in [6.45, 7) is 3.36. The minimum Gasteiger partial charge on any atom is -0.478 e. The second-order valence-electron chi connectivity index (χ2n) is 4.26. The van der Waals surface area contributed by atoms with E-state index in [1.54, 1.807) is 6.92 Å². The Labute approximate surface area is 98.9 Å². The molecular weight excluding hydrogens is 222 g/mol. The Hall–Kier alpha value is -1.69. The fourth-order valence-corrected chi connectivity index (χ4v) is 1.98. The number of aliphatic hydroxyl groups is 1. The quantitative estimate of drug-likeness (QED) is 0.786. The molecule has 1 aliphatic rings. The van der Waals surface area contributed by atoms with E-state index in [2.05, 4.69) is 9.97 Å². The van der Waals surface area contributed by atoms with Gasteiger partial charge in [0, 0.05) is 31.8 Å². The number of hydrogen-bond acceptors (Lipinski definition) is 5. The van der Waals surface area contributed by atoms with Crippen LogP contribution in [-0.2, 0) is 0 Å². The van der Waals surface area contributed by atoms with Gasteiger partial charge in [0.1, 0.15) is 0 Å². The smallest absolute Gasteiger partial charge is 0.339 e. The molecule has 1 fully saturated rings. The molecule has 0 aromatic carbocycles. The molecule has 1 aromatic rings. The molecule has 6 heteroatoms. The molecule has 92 valence electrons. The Morgan fingerprint density at radius 2 is 2.41 bits per heavy atom. The van der Waals surface area contributed by atoms with Gasteiger partial charge in [0.25, 0.3) is 0 Å². The van der Waals surface area contributed by atoms with Gasteiger partial charge < -0.3 is 15.1 Å². The van der Waals surface area contributed by atoms with Crippen LogP contribution in [0.5, 0.6) is 0 Å². The lowest BCUT2D eigenvalue weighted by molar-refractivity contribution is 0.0695. The van der Waals surface area contributed by atoms with Gasteiger partial charge in [-0.15, -0.1) is 0 Å². The molecule has 2 heterocycles. The fourth-order valence-electron chi connectivity index (χ4n) is 1.98. The number of hydrogen-bond donors (Lipinski definition) is 2. The number of carboxylic acid groups (broad SMARTS) is 1. The average Bonchev–Trinajstić information content (AvgIpc) is 2.76. The highest BCUT2D eigenvalue weighted by Crippen LogP contribution is 2.20. The summed E-state index contributed by atoms with van der Waals surface area (Å²) >= 11 is 0. The summed E-state index contributed by atoms with van der Waals surface area (Å²) in [4.78, 5) is 21.1. The molecule has 1 unspecified atom stereocenters. The molecular formula is C11H15N3O3. The highest BCUT2D eigenvalue weighted by Gasteiger charge is 2.24. The van der Waals surface area contributed by atoms with Crippen molar-refractivity contribution in [2.45, 2.75) is 13.3 Å². The Morgan fingerprint density at radius 1 is 1.65 bits per heavy atom. The van der Waals surface area contributed by atoms with E-state index >= 15 is 0 Å². The second-order valence-corrected chi connectivity index (χ2v) is 4.26. The topological polar surface area (TPSA) is 86.5 Å². The van der Waals surface area contributed by atoms with Crippen LogP contribution in [0.3, 0.4) is 0 Å². The van der Waals surface area contributed by atoms with Gasteiger partial charge in [-0.1, -0.05) is 0 Å². The second kappa shape index (κ2) is 4.67. The third-order valence-corrected chi connectivity index (χ3v) is 3.02. The first kappa shape index (κ1) is 11.8. The first-order valence-corrected chi connectivity index (χ1v) is 5.54. The van der Waals surface area contributed by atoms with Crippen LogP contribution in [0.4, 0.5) is 5.95 Å². The maximum Gasteiger partial charge on any atom is 0.339 e. The van der Waals surface area contributed by atoms with Gasteiger partial charge in [0.05, 0.1) is 11.3 Å². The summed E-state index contributed by atoms with van der Waals surface area (Å²) in [5.74, 6) is -0.204. The van der Waals surface area contributed by atoms with Crippen molar-refractivity contribution in [2.75, 3.05) is 24.6 Å². The van der Waals surface area contributed by atoms with Crippen molar-refractivity contribution in [3.63, 3.8) is 0 Å². The summed E-state index contributed by atoms with van der Waals surface area (Å²) in [7, 11) is 0. The monoisotopic (exact) mass is 237 g/mol. The highest BCUT2D eigenvalue weighted by atomic mass is 16.4.